The maximum absolute atomic E-state index is 12.4. The van der Waals surface area contributed by atoms with E-state index in [0.29, 0.717) is 25.6 Å². The number of hydrogen-bond donors (Lipinski definition) is 3. The number of nitrogens with one attached hydrogen (secondary N) is 2. The van der Waals surface area contributed by atoms with E-state index in [2.05, 4.69) is 51.9 Å². The molecule has 48 heavy (non-hydrogen) atoms. The zero-order chi connectivity index (χ0) is 33.7. The highest BCUT2D eigenvalue weighted by atomic mass is 16.7. The number of nitrogens with zero attached hydrogens (tertiary/aromatic N) is 1. The molecular weight excluding hydrogens is 606 g/mol. The molecule has 2 heterocycles. The van der Waals surface area contributed by atoms with Gasteiger partial charge in [0.05, 0.1) is 25.4 Å². The average Bonchev–Trinajstić information content (AvgIpc) is 3.55. The fraction of sp³-hybridized carbons (Fsp3) is 0.487. The van der Waals surface area contributed by atoms with E-state index < -0.39 is 6.29 Å². The Morgan fingerprint density at radius 2 is 1.71 bits per heavy atom. The second-order valence-corrected chi connectivity index (χ2v) is 13.0. The molecule has 0 aromatic heterocycles. The van der Waals surface area contributed by atoms with E-state index in [1.165, 1.54) is 13.3 Å². The van der Waals surface area contributed by atoms with Crippen molar-refractivity contribution < 1.29 is 28.9 Å². The molecule has 9 heteroatoms. The molecule has 0 aliphatic carbocycles. The Balaban J connectivity index is 1.20. The molecule has 0 spiro atoms. The average molecular weight is 658 g/mol. The van der Waals surface area contributed by atoms with Gasteiger partial charge in [-0.1, -0.05) is 73.2 Å². The lowest BCUT2D eigenvalue weighted by Crippen LogP contribution is -2.42. The first kappa shape index (κ1) is 35.7. The molecule has 4 atom stereocenters. The van der Waals surface area contributed by atoms with Gasteiger partial charge in [-0.3, -0.25) is 14.5 Å². The molecule has 258 valence electrons. The second-order valence-electron chi connectivity index (χ2n) is 13.0. The highest BCUT2D eigenvalue weighted by molar-refractivity contribution is 5.76. The molecule has 2 amide bonds. The van der Waals surface area contributed by atoms with Crippen molar-refractivity contribution in [3.8, 4) is 11.1 Å². The summed E-state index contributed by atoms with van der Waals surface area (Å²) in [5.74, 6) is 0.0178. The van der Waals surface area contributed by atoms with E-state index in [1.54, 1.807) is 7.11 Å². The van der Waals surface area contributed by atoms with Crippen molar-refractivity contribution in [2.75, 3.05) is 33.4 Å². The Morgan fingerprint density at radius 1 is 0.917 bits per heavy atom. The molecule has 3 N–H and O–H groups in total. The number of carbonyl (C=O) groups excluding carboxylic acids is 2. The third-order valence-corrected chi connectivity index (χ3v) is 9.30. The number of ether oxygens (including phenoxy) is 3. The summed E-state index contributed by atoms with van der Waals surface area (Å²) in [6, 6.07) is 25.0. The van der Waals surface area contributed by atoms with E-state index in [-0.39, 0.29) is 30.6 Å². The number of hydrogen-bond acceptors (Lipinski definition) is 7. The van der Waals surface area contributed by atoms with Gasteiger partial charge in [0.15, 0.2) is 6.29 Å². The minimum atomic E-state index is -0.504. The highest BCUT2D eigenvalue weighted by Crippen LogP contribution is 2.39. The largest absolute Gasteiger partial charge is 0.392 e. The number of likely N-dealkylation sites (tertiary alicyclic amines) is 1. The summed E-state index contributed by atoms with van der Waals surface area (Å²) in [4.78, 5) is 25.8. The third kappa shape index (κ3) is 10.4. The fourth-order valence-corrected chi connectivity index (χ4v) is 6.65. The molecule has 3 aromatic rings. The first-order valence-electron chi connectivity index (χ1n) is 17.4. The topological polar surface area (TPSA) is 109 Å². The Kier molecular flexibility index (Phi) is 13.6. The lowest BCUT2D eigenvalue weighted by Gasteiger charge is -2.38. The van der Waals surface area contributed by atoms with Crippen LogP contribution in [-0.2, 0) is 37.0 Å². The molecule has 9 nitrogen and oxygen atoms in total. The van der Waals surface area contributed by atoms with E-state index in [1.807, 2.05) is 36.4 Å². The molecular formula is C39H51N3O6. The van der Waals surface area contributed by atoms with Gasteiger partial charge in [-0.2, -0.15) is 0 Å². The summed E-state index contributed by atoms with van der Waals surface area (Å²) >= 11 is 0. The van der Waals surface area contributed by atoms with Crippen molar-refractivity contribution >= 4 is 11.8 Å². The van der Waals surface area contributed by atoms with Crippen molar-refractivity contribution in [2.24, 2.45) is 0 Å². The number of rotatable bonds is 16. The molecule has 3 aromatic carbocycles. The minimum absolute atomic E-state index is 0.000897. The van der Waals surface area contributed by atoms with E-state index in [0.717, 1.165) is 85.2 Å². The maximum atomic E-state index is 12.4. The van der Waals surface area contributed by atoms with E-state index >= 15 is 0 Å². The maximum Gasteiger partial charge on any atom is 0.220 e. The van der Waals surface area contributed by atoms with Gasteiger partial charge < -0.3 is 30.0 Å². The lowest BCUT2D eigenvalue weighted by molar-refractivity contribution is -0.253. The normalized spacial score (nSPS) is 21.2. The van der Waals surface area contributed by atoms with Crippen LogP contribution in [0.1, 0.15) is 86.5 Å². The number of benzene rings is 3. The number of carbonyl (C=O) groups is 2. The monoisotopic (exact) mass is 657 g/mol. The molecule has 0 radical (unpaired) electrons. The predicted octanol–water partition coefficient (Wildman–Crippen LogP) is 5.81. The first-order chi connectivity index (χ1) is 23.4. The van der Waals surface area contributed by atoms with Gasteiger partial charge in [-0.25, -0.2) is 0 Å². The quantitative estimate of drug-likeness (QED) is 0.167. The Morgan fingerprint density at radius 3 is 2.46 bits per heavy atom. The van der Waals surface area contributed by atoms with Crippen LogP contribution in [-0.4, -0.2) is 67.3 Å². The van der Waals surface area contributed by atoms with Gasteiger partial charge in [0.1, 0.15) is 0 Å². The van der Waals surface area contributed by atoms with Crippen LogP contribution in [0, 0.1) is 0 Å². The van der Waals surface area contributed by atoms with Crippen LogP contribution >= 0.6 is 0 Å². The van der Waals surface area contributed by atoms with Gasteiger partial charge >= 0.3 is 0 Å². The van der Waals surface area contributed by atoms with Crippen LogP contribution in [0.15, 0.2) is 72.8 Å². The standard InChI is InChI=1S/C39H51N3O6/c1-28(44)40-20-5-3-4-11-38(45)41-24-30-8-6-9-34(22-30)31-16-18-33(19-17-31)39-47-36(25-42-21-7-10-35(42)27-46-2)23-37(48-39)32-14-12-29(26-43)13-15-32/h6,8-9,12-19,22,35-37,39,43H,3-5,7,10-11,20-21,23-27H2,1-2H3,(H,40,44)(H,41,45). The van der Waals surface area contributed by atoms with Crippen molar-refractivity contribution in [1.82, 2.24) is 15.5 Å². The van der Waals surface area contributed by atoms with E-state index in [9.17, 15) is 14.7 Å². The van der Waals surface area contributed by atoms with Crippen molar-refractivity contribution in [3.63, 3.8) is 0 Å². The second kappa shape index (κ2) is 18.2. The Hall–Kier alpha value is -3.60. The summed E-state index contributed by atoms with van der Waals surface area (Å²) in [5.41, 5.74) is 6.13. The first-order valence-corrected chi connectivity index (χ1v) is 17.4. The number of amides is 2. The van der Waals surface area contributed by atoms with Crippen LogP contribution in [0.3, 0.4) is 0 Å². The van der Waals surface area contributed by atoms with Crippen LogP contribution in [0.4, 0.5) is 0 Å². The molecule has 0 saturated carbocycles. The number of methoxy groups -OCH3 is 1. The van der Waals surface area contributed by atoms with Gasteiger partial charge in [-0.15, -0.1) is 0 Å². The molecule has 0 bridgehead atoms. The van der Waals surface area contributed by atoms with Crippen LogP contribution < -0.4 is 10.6 Å². The van der Waals surface area contributed by atoms with Gasteiger partial charge in [0.2, 0.25) is 11.8 Å². The highest BCUT2D eigenvalue weighted by Gasteiger charge is 2.35. The van der Waals surface area contributed by atoms with Crippen LogP contribution in [0.5, 0.6) is 0 Å². The Bertz CT molecular complexity index is 1450. The molecule has 2 fully saturated rings. The summed E-state index contributed by atoms with van der Waals surface area (Å²) < 4.78 is 18.7. The number of aliphatic hydroxyl groups excluding tert-OH is 1. The number of aliphatic hydroxyl groups is 1. The molecule has 4 unspecified atom stereocenters. The molecule has 5 rings (SSSR count). The Labute approximate surface area is 285 Å². The summed E-state index contributed by atoms with van der Waals surface area (Å²) in [5, 5.41) is 15.4. The SMILES string of the molecule is COCC1CCCN1CC1CC(c2ccc(CO)cc2)OC(c2ccc(-c3cccc(CNC(=O)CCCCCNC(C)=O)c3)cc2)O1. The lowest BCUT2D eigenvalue weighted by atomic mass is 9.98. The van der Waals surface area contributed by atoms with Gasteiger partial charge in [0.25, 0.3) is 0 Å². The van der Waals surface area contributed by atoms with Crippen LogP contribution in [0.2, 0.25) is 0 Å². The smallest absolute Gasteiger partial charge is 0.220 e. The van der Waals surface area contributed by atoms with E-state index in [4.69, 9.17) is 14.2 Å². The predicted molar refractivity (Wildman–Crippen MR) is 186 cm³/mol. The number of unbranched alkanes of at least 4 members (excludes halogenated alkanes) is 2. The summed E-state index contributed by atoms with van der Waals surface area (Å²) in [6.45, 7) is 5.28. The third-order valence-electron chi connectivity index (χ3n) is 9.30. The van der Waals surface area contributed by atoms with Crippen molar-refractivity contribution in [3.05, 3.63) is 95.1 Å². The zero-order valence-electron chi connectivity index (χ0n) is 28.4. The van der Waals surface area contributed by atoms with Gasteiger partial charge in [0, 0.05) is 58.1 Å². The molecule has 2 aliphatic heterocycles. The van der Waals surface area contributed by atoms with Gasteiger partial charge in [-0.05, 0) is 66.1 Å². The minimum Gasteiger partial charge on any atom is -0.392 e. The fourth-order valence-electron chi connectivity index (χ4n) is 6.65. The molecule has 2 saturated heterocycles. The summed E-state index contributed by atoms with van der Waals surface area (Å²) in [6.07, 6.45) is 5.50. The van der Waals surface area contributed by atoms with Crippen molar-refractivity contribution in [2.45, 2.75) is 89.6 Å². The van der Waals surface area contributed by atoms with Crippen molar-refractivity contribution in [1.29, 1.82) is 0 Å². The zero-order valence-corrected chi connectivity index (χ0v) is 28.4. The summed E-state index contributed by atoms with van der Waals surface area (Å²) in [7, 11) is 1.77. The van der Waals surface area contributed by atoms with Crippen LogP contribution in [0.25, 0.3) is 11.1 Å². The molecule has 2 aliphatic rings.